The third-order valence-electron chi connectivity index (χ3n) is 11.8. The van der Waals surface area contributed by atoms with Gasteiger partial charge >= 0.3 is 375 Å². The number of hydrogen-bond acceptors (Lipinski definition) is 4. The maximum atomic E-state index is 2.59. The Bertz CT molecular complexity index is 2090. The molecule has 0 bridgehead atoms. The molecule has 1 aliphatic rings. The molecule has 1 saturated heterocycles. The van der Waals surface area contributed by atoms with E-state index >= 15 is 0 Å². The van der Waals surface area contributed by atoms with Crippen LogP contribution in [0, 0.1) is 0 Å². The quantitative estimate of drug-likeness (QED) is 0.141. The summed E-state index contributed by atoms with van der Waals surface area (Å²) in [6, 6.07) is 59.1. The van der Waals surface area contributed by atoms with Gasteiger partial charge in [-0.1, -0.05) is 0 Å². The molecule has 1 fully saturated rings. The Kier molecular flexibility index (Phi) is 12.0. The summed E-state index contributed by atoms with van der Waals surface area (Å²) in [6.45, 7) is 27.0. The van der Waals surface area contributed by atoms with Crippen molar-refractivity contribution in [2.75, 3.05) is 19.2 Å². The molecule has 0 atom stereocenters. The normalized spacial score (nSPS) is 13.9. The Morgan fingerprint density at radius 3 is 0.750 bits per heavy atom. The second-order valence-corrected chi connectivity index (χ2v) is 21.4. The molecule has 1 aliphatic heterocycles. The van der Waals surface area contributed by atoms with Gasteiger partial charge in [-0.3, -0.25) is 0 Å². The third-order valence-corrected chi connectivity index (χ3v) is 12.9. The molecule has 0 aromatic heterocycles. The van der Waals surface area contributed by atoms with Crippen LogP contribution in [-0.4, -0.2) is 17.9 Å². The van der Waals surface area contributed by atoms with Gasteiger partial charge in [0.15, 0.2) is 0 Å². The summed E-state index contributed by atoms with van der Waals surface area (Å²) >= 11 is 2.59. The summed E-state index contributed by atoms with van der Waals surface area (Å²) in [5, 5.41) is 0. The molecule has 6 aromatic rings. The minimum atomic E-state index is -0.259. The second kappa shape index (κ2) is 16.6. The molecule has 310 valence electrons. The number of hydrogen-bond donors (Lipinski definition) is 0. The first-order valence-electron chi connectivity index (χ1n) is 21.4. The van der Waals surface area contributed by atoms with Gasteiger partial charge in [-0.2, -0.15) is 0 Å². The molecular formula is C53H62B2N4Pt. The standard InChI is InChI=1S/C53H62B2N4.Pt/c1-50(2,3)40-23-31-46(32-24-40)58(47-33-25-41(26-34-47)51(4,5)6)54-55(57(45-21-17-14-18-22-45)39-56(54)44-19-15-13-16-20-44)59(48-35-27-42(28-36-48)52(7,8)9)49-37-29-43(30-38-49)53(10,11)12;/h13-38H,1-12H3;. The fourth-order valence-corrected chi connectivity index (χ4v) is 9.35. The van der Waals surface area contributed by atoms with Crippen LogP contribution in [0.1, 0.15) is 105 Å². The van der Waals surface area contributed by atoms with Crippen LogP contribution in [-0.2, 0) is 41.0 Å². The van der Waals surface area contributed by atoms with Crippen molar-refractivity contribution in [3.8, 4) is 0 Å². The topological polar surface area (TPSA) is 13.0 Å². The summed E-state index contributed by atoms with van der Waals surface area (Å²) in [6.07, 6.45) is 0. The van der Waals surface area contributed by atoms with Crippen LogP contribution in [0.2, 0.25) is 0 Å². The van der Waals surface area contributed by atoms with Crippen LogP contribution < -0.4 is 19.2 Å². The summed E-state index contributed by atoms with van der Waals surface area (Å²) in [5.74, 6) is 0. The number of nitrogens with zero attached hydrogens (tertiary/aromatic N) is 4. The van der Waals surface area contributed by atoms with E-state index in [4.69, 9.17) is 0 Å². The van der Waals surface area contributed by atoms with Gasteiger partial charge in [-0.25, -0.2) is 0 Å². The fourth-order valence-electron chi connectivity index (χ4n) is 8.16. The van der Waals surface area contributed by atoms with Crippen molar-refractivity contribution in [1.82, 2.24) is 0 Å². The Labute approximate surface area is 373 Å². The molecule has 0 amide bonds. The van der Waals surface area contributed by atoms with Gasteiger partial charge in [0, 0.05) is 0 Å². The molecule has 4 nitrogen and oxygen atoms in total. The van der Waals surface area contributed by atoms with E-state index in [9.17, 15) is 0 Å². The van der Waals surface area contributed by atoms with Crippen LogP contribution in [0.25, 0.3) is 0 Å². The molecule has 0 spiro atoms. The summed E-state index contributed by atoms with van der Waals surface area (Å²) < 4.78 is 1.12. The zero-order valence-corrected chi connectivity index (χ0v) is 40.0. The number of benzene rings is 6. The molecule has 0 N–H and O–H groups in total. The van der Waals surface area contributed by atoms with E-state index in [1.165, 1.54) is 22.3 Å². The predicted octanol–water partition coefficient (Wildman–Crippen LogP) is 13.6. The van der Waals surface area contributed by atoms with Crippen LogP contribution in [0.4, 0.5) is 34.1 Å². The van der Waals surface area contributed by atoms with E-state index in [1.807, 2.05) is 0 Å². The van der Waals surface area contributed by atoms with E-state index < -0.39 is 0 Å². The van der Waals surface area contributed by atoms with E-state index in [2.05, 4.69) is 279 Å². The molecule has 0 saturated carbocycles. The van der Waals surface area contributed by atoms with Crippen molar-refractivity contribution in [3.05, 3.63) is 180 Å². The van der Waals surface area contributed by atoms with Crippen molar-refractivity contribution >= 4 is 52.0 Å². The van der Waals surface area contributed by atoms with Crippen LogP contribution >= 0.6 is 0 Å². The first kappa shape index (κ1) is 43.3. The summed E-state index contributed by atoms with van der Waals surface area (Å²) in [4.78, 5) is 10.3. The first-order valence-corrected chi connectivity index (χ1v) is 22.6. The van der Waals surface area contributed by atoms with E-state index in [0.29, 0.717) is 0 Å². The van der Waals surface area contributed by atoms with Crippen molar-refractivity contribution in [2.24, 2.45) is 0 Å². The van der Waals surface area contributed by atoms with Gasteiger partial charge in [-0.05, 0) is 0 Å². The summed E-state index contributed by atoms with van der Waals surface area (Å²) in [7, 11) is 0. The zero-order valence-electron chi connectivity index (χ0n) is 37.8. The fraction of sp³-hybridized carbons (Fsp3) is 0.302. The SMILES string of the molecule is CC(C)(C)c1ccc(N(B2B(N(c3ccc(C(C)(C)C)cc3)c3ccc(C(C)(C)C)cc3)N(c3ccccc3)[C](=[Pt])N2c2ccccc2)c2ccc(C(C)(C)C)cc2)cc1. The van der Waals surface area contributed by atoms with Gasteiger partial charge in [0.2, 0.25) is 0 Å². The first-order chi connectivity index (χ1) is 28.2. The molecule has 60 heavy (non-hydrogen) atoms. The van der Waals surface area contributed by atoms with Crippen molar-refractivity contribution in [3.63, 3.8) is 0 Å². The third kappa shape index (κ3) is 8.96. The zero-order chi connectivity index (χ0) is 43.2. The van der Waals surface area contributed by atoms with Crippen LogP contribution in [0.15, 0.2) is 158 Å². The molecule has 7 rings (SSSR count). The molecule has 0 radical (unpaired) electrons. The molecule has 6 aromatic carbocycles. The molecule has 7 heteroatoms. The average molecular weight is 972 g/mol. The minimum absolute atomic E-state index is 0.0201. The van der Waals surface area contributed by atoms with Gasteiger partial charge in [-0.15, -0.1) is 0 Å². The van der Waals surface area contributed by atoms with Crippen LogP contribution in [0.3, 0.4) is 0 Å². The molecule has 1 heterocycles. The molecule has 0 aliphatic carbocycles. The maximum absolute atomic E-state index is 2.59. The van der Waals surface area contributed by atoms with Gasteiger partial charge in [0.1, 0.15) is 0 Å². The second-order valence-electron chi connectivity index (χ2n) is 20.4. The van der Waals surface area contributed by atoms with Crippen molar-refractivity contribution in [1.29, 1.82) is 0 Å². The van der Waals surface area contributed by atoms with E-state index in [0.717, 1.165) is 38.3 Å². The number of rotatable bonds is 8. The van der Waals surface area contributed by atoms with E-state index in [1.54, 1.807) is 0 Å². The van der Waals surface area contributed by atoms with Crippen molar-refractivity contribution in [2.45, 2.75) is 105 Å². The molecule has 0 unspecified atom stereocenters. The Morgan fingerprint density at radius 2 is 0.550 bits per heavy atom. The monoisotopic (exact) mass is 971 g/mol. The number of para-hydroxylation sites is 2. The van der Waals surface area contributed by atoms with Crippen molar-refractivity contribution < 1.29 is 19.4 Å². The number of anilines is 6. The summed E-state index contributed by atoms with van der Waals surface area (Å²) in [5.41, 5.74) is 12.1. The van der Waals surface area contributed by atoms with Gasteiger partial charge in [0.05, 0.1) is 0 Å². The van der Waals surface area contributed by atoms with Crippen LogP contribution in [0.5, 0.6) is 0 Å². The Morgan fingerprint density at radius 1 is 0.333 bits per heavy atom. The van der Waals surface area contributed by atoms with Gasteiger partial charge in [0.25, 0.3) is 0 Å². The molecular weight excluding hydrogens is 909 g/mol. The Hall–Kier alpha value is -4.79. The van der Waals surface area contributed by atoms with Gasteiger partial charge < -0.3 is 0 Å². The predicted molar refractivity (Wildman–Crippen MR) is 259 cm³/mol. The average Bonchev–Trinajstić information content (AvgIpc) is 3.49. The Balaban J connectivity index is 1.57. The van der Waals surface area contributed by atoms with E-state index in [-0.39, 0.29) is 35.4 Å².